The van der Waals surface area contributed by atoms with Crippen LogP contribution in [0.5, 0.6) is 0 Å². The second-order valence-corrected chi connectivity index (χ2v) is 7.40. The summed E-state index contributed by atoms with van der Waals surface area (Å²) in [6.45, 7) is 5.55. The molecule has 1 aromatic heterocycles. The molecule has 0 fully saturated rings. The van der Waals surface area contributed by atoms with Crippen LogP contribution in [0.25, 0.3) is 11.8 Å². The summed E-state index contributed by atoms with van der Waals surface area (Å²) in [5.74, 6) is -0.285. The van der Waals surface area contributed by atoms with Crippen molar-refractivity contribution in [2.45, 2.75) is 20.8 Å². The summed E-state index contributed by atoms with van der Waals surface area (Å²) < 4.78 is 1.48. The summed E-state index contributed by atoms with van der Waals surface area (Å²) in [5, 5.41) is 9.33. The molecule has 1 amide bonds. The maximum atomic E-state index is 13.0. The molecule has 2 aromatic carbocycles. The Bertz CT molecular complexity index is 1220. The topological polar surface area (TPSA) is 70.5 Å². The molecule has 4 rings (SSSR count). The molecule has 3 aromatic rings. The van der Waals surface area contributed by atoms with Gasteiger partial charge >= 0.3 is 0 Å². The number of amides is 1. The van der Waals surface area contributed by atoms with Gasteiger partial charge in [-0.1, -0.05) is 29.3 Å². The molecule has 0 atom stereocenters. The number of carbonyl (C=O) groups is 1. The number of hydrogen-bond acceptors (Lipinski definition) is 3. The highest BCUT2D eigenvalue weighted by Crippen LogP contribution is 2.26. The van der Waals surface area contributed by atoms with E-state index in [9.17, 15) is 9.59 Å². The SMILES string of the molecule is CC1=NN(c2ccc(Cl)cc2)C(=O)C1=Cc1c(C)[nH]n(-c2ccc(C)cc2)c1=O. The fourth-order valence-electron chi connectivity index (χ4n) is 3.19. The van der Waals surface area contributed by atoms with Crippen molar-refractivity contribution in [3.8, 4) is 5.69 Å². The zero-order chi connectivity index (χ0) is 20.7. The van der Waals surface area contributed by atoms with Crippen LogP contribution in [0.4, 0.5) is 5.69 Å². The Morgan fingerprint density at radius 3 is 2.21 bits per heavy atom. The number of halogens is 1. The molecule has 6 nitrogen and oxygen atoms in total. The number of benzene rings is 2. The number of nitrogens with one attached hydrogen (secondary N) is 1. The number of aromatic nitrogens is 2. The lowest BCUT2D eigenvalue weighted by Crippen LogP contribution is -2.21. The molecule has 1 aliphatic rings. The lowest BCUT2D eigenvalue weighted by Gasteiger charge is -2.11. The van der Waals surface area contributed by atoms with Crippen LogP contribution >= 0.6 is 11.6 Å². The lowest BCUT2D eigenvalue weighted by atomic mass is 10.1. The number of hydrogen-bond donors (Lipinski definition) is 1. The molecular formula is C22H19ClN4O2. The first kappa shape index (κ1) is 19.0. The van der Waals surface area contributed by atoms with Crippen molar-refractivity contribution in [3.05, 3.63) is 86.3 Å². The van der Waals surface area contributed by atoms with Crippen LogP contribution in [0.2, 0.25) is 5.02 Å². The highest BCUT2D eigenvalue weighted by Gasteiger charge is 2.29. The summed E-state index contributed by atoms with van der Waals surface area (Å²) in [6.07, 6.45) is 1.61. The minimum atomic E-state index is -0.285. The Labute approximate surface area is 172 Å². The van der Waals surface area contributed by atoms with Gasteiger partial charge in [0.05, 0.1) is 28.2 Å². The Hall–Kier alpha value is -3.38. The molecule has 0 unspecified atom stereocenters. The standard InChI is InChI=1S/C22H19ClN4O2/c1-13-4-8-17(9-5-13)26-21(28)19(14(2)24-26)12-20-15(3)25-27(22(20)29)18-10-6-16(23)7-11-18/h4-12,24H,1-3H3. The normalized spacial score (nSPS) is 15.3. The molecular weight excluding hydrogens is 388 g/mol. The molecule has 1 N–H and O–H groups in total. The van der Waals surface area contributed by atoms with Gasteiger partial charge < -0.3 is 0 Å². The third-order valence-electron chi connectivity index (χ3n) is 4.83. The number of aromatic amines is 1. The number of hydrazone groups is 1. The number of H-pyrrole nitrogens is 1. The molecule has 146 valence electrons. The van der Waals surface area contributed by atoms with Crippen molar-refractivity contribution < 1.29 is 4.79 Å². The Kier molecular flexibility index (Phi) is 4.72. The first-order valence-electron chi connectivity index (χ1n) is 9.11. The molecule has 0 saturated heterocycles. The molecule has 0 saturated carbocycles. The summed E-state index contributed by atoms with van der Waals surface area (Å²) in [5.41, 5.74) is 4.28. The molecule has 2 heterocycles. The van der Waals surface area contributed by atoms with E-state index in [1.807, 2.05) is 31.2 Å². The number of rotatable bonds is 3. The van der Waals surface area contributed by atoms with Crippen LogP contribution in [0.15, 0.2) is 64.0 Å². The van der Waals surface area contributed by atoms with Crippen LogP contribution < -0.4 is 10.6 Å². The van der Waals surface area contributed by atoms with E-state index in [4.69, 9.17) is 11.6 Å². The van der Waals surface area contributed by atoms with E-state index in [2.05, 4.69) is 10.2 Å². The van der Waals surface area contributed by atoms with Gasteiger partial charge in [0.15, 0.2) is 0 Å². The van der Waals surface area contributed by atoms with Crippen molar-refractivity contribution >= 4 is 35.0 Å². The van der Waals surface area contributed by atoms with Crippen LogP contribution in [-0.2, 0) is 4.79 Å². The van der Waals surface area contributed by atoms with Crippen LogP contribution in [0, 0.1) is 13.8 Å². The first-order valence-corrected chi connectivity index (χ1v) is 9.49. The first-order chi connectivity index (χ1) is 13.8. The number of anilines is 1. The number of aryl methyl sites for hydroxylation is 2. The maximum absolute atomic E-state index is 13.0. The molecule has 29 heavy (non-hydrogen) atoms. The summed E-state index contributed by atoms with van der Waals surface area (Å²) in [4.78, 5) is 25.9. The fraction of sp³-hybridized carbons (Fsp3) is 0.136. The largest absolute Gasteiger partial charge is 0.295 e. The van der Waals surface area contributed by atoms with Gasteiger partial charge in [0.2, 0.25) is 0 Å². The lowest BCUT2D eigenvalue weighted by molar-refractivity contribution is -0.114. The van der Waals surface area contributed by atoms with E-state index in [0.717, 1.165) is 11.3 Å². The van der Waals surface area contributed by atoms with Gasteiger partial charge in [0.1, 0.15) is 0 Å². The highest BCUT2D eigenvalue weighted by atomic mass is 35.5. The average Bonchev–Trinajstić information content (AvgIpc) is 3.14. The third kappa shape index (κ3) is 3.43. The van der Waals surface area contributed by atoms with Crippen LogP contribution in [-0.4, -0.2) is 21.4 Å². The second-order valence-electron chi connectivity index (χ2n) is 6.96. The minimum Gasteiger partial charge on any atom is -0.295 e. The fourth-order valence-corrected chi connectivity index (χ4v) is 3.32. The van der Waals surface area contributed by atoms with Gasteiger partial charge in [-0.25, -0.2) is 4.68 Å². The summed E-state index contributed by atoms with van der Waals surface area (Å²) in [6, 6.07) is 14.5. The van der Waals surface area contributed by atoms with E-state index in [1.54, 1.807) is 44.2 Å². The Morgan fingerprint density at radius 2 is 1.55 bits per heavy atom. The highest BCUT2D eigenvalue weighted by molar-refractivity contribution is 6.32. The van der Waals surface area contributed by atoms with Crippen molar-refractivity contribution in [2.75, 3.05) is 5.01 Å². The predicted molar refractivity (Wildman–Crippen MR) is 116 cm³/mol. The predicted octanol–water partition coefficient (Wildman–Crippen LogP) is 4.24. The van der Waals surface area contributed by atoms with E-state index < -0.39 is 0 Å². The van der Waals surface area contributed by atoms with Gasteiger partial charge in [-0.3, -0.25) is 14.7 Å². The quantitative estimate of drug-likeness (QED) is 0.661. The second kappa shape index (κ2) is 7.22. The summed E-state index contributed by atoms with van der Waals surface area (Å²) in [7, 11) is 0. The smallest absolute Gasteiger partial charge is 0.280 e. The molecule has 0 bridgehead atoms. The Balaban J connectivity index is 1.72. The number of nitrogens with zero attached hydrogens (tertiary/aromatic N) is 3. The molecule has 1 aliphatic heterocycles. The molecule has 7 heteroatoms. The zero-order valence-corrected chi connectivity index (χ0v) is 17.0. The third-order valence-corrected chi connectivity index (χ3v) is 5.08. The van der Waals surface area contributed by atoms with Crippen LogP contribution in [0.3, 0.4) is 0 Å². The van der Waals surface area contributed by atoms with E-state index >= 15 is 0 Å². The van der Waals surface area contributed by atoms with Gasteiger partial charge in [0.25, 0.3) is 11.5 Å². The molecule has 0 aliphatic carbocycles. The van der Waals surface area contributed by atoms with Crippen molar-refractivity contribution in [2.24, 2.45) is 5.10 Å². The molecule has 0 radical (unpaired) electrons. The van der Waals surface area contributed by atoms with Crippen molar-refractivity contribution in [1.29, 1.82) is 0 Å². The van der Waals surface area contributed by atoms with Gasteiger partial charge in [0, 0.05) is 10.7 Å². The monoisotopic (exact) mass is 406 g/mol. The molecule has 0 spiro atoms. The number of carbonyl (C=O) groups excluding carboxylic acids is 1. The van der Waals surface area contributed by atoms with Gasteiger partial charge in [-0.2, -0.15) is 10.1 Å². The van der Waals surface area contributed by atoms with Gasteiger partial charge in [-0.15, -0.1) is 0 Å². The van der Waals surface area contributed by atoms with Crippen molar-refractivity contribution in [1.82, 2.24) is 9.78 Å². The van der Waals surface area contributed by atoms with Gasteiger partial charge in [-0.05, 0) is 63.2 Å². The van der Waals surface area contributed by atoms with E-state index in [1.165, 1.54) is 9.69 Å². The zero-order valence-electron chi connectivity index (χ0n) is 16.2. The average molecular weight is 407 g/mol. The Morgan fingerprint density at radius 1 is 0.931 bits per heavy atom. The minimum absolute atomic E-state index is 0.218. The van der Waals surface area contributed by atoms with E-state index in [-0.39, 0.29) is 11.5 Å². The van der Waals surface area contributed by atoms with Crippen molar-refractivity contribution in [3.63, 3.8) is 0 Å². The van der Waals surface area contributed by atoms with Crippen LogP contribution in [0.1, 0.15) is 23.7 Å². The summed E-state index contributed by atoms with van der Waals surface area (Å²) >= 11 is 5.92. The van der Waals surface area contributed by atoms with E-state index in [0.29, 0.717) is 33.3 Å². The maximum Gasteiger partial charge on any atom is 0.280 e.